The van der Waals surface area contributed by atoms with Crippen molar-refractivity contribution in [2.75, 3.05) is 10.3 Å². The van der Waals surface area contributed by atoms with Crippen LogP contribution in [-0.2, 0) is 9.59 Å². The van der Waals surface area contributed by atoms with E-state index in [0.29, 0.717) is 35.4 Å². The zero-order valence-corrected chi connectivity index (χ0v) is 17.9. The standard InChI is InChI=1S/C23H23N7O2/c1-14-6-7-15(2)20(12-14)30-21(31)11-10-19(26-30)23(32)24-17-5-3-4-16(13-17)22-25-27-28-29(22)18-8-9-18/h3-7,12-13,18H,8-11H2,1-2H3,(H,24,32). The largest absolute Gasteiger partial charge is 0.321 e. The molecule has 1 saturated carbocycles. The molecule has 0 unspecified atom stereocenters. The van der Waals surface area contributed by atoms with Crippen LogP contribution in [0.3, 0.4) is 0 Å². The summed E-state index contributed by atoms with van der Waals surface area (Å²) < 4.78 is 1.83. The van der Waals surface area contributed by atoms with E-state index in [-0.39, 0.29) is 18.2 Å². The van der Waals surface area contributed by atoms with Crippen molar-refractivity contribution in [3.05, 3.63) is 53.6 Å². The summed E-state index contributed by atoms with van der Waals surface area (Å²) >= 11 is 0. The fourth-order valence-corrected chi connectivity index (χ4v) is 3.74. The summed E-state index contributed by atoms with van der Waals surface area (Å²) in [6.45, 7) is 3.88. The van der Waals surface area contributed by atoms with Crippen LogP contribution in [0.25, 0.3) is 11.4 Å². The van der Waals surface area contributed by atoms with Gasteiger partial charge in [0.2, 0.25) is 5.91 Å². The first kappa shape index (κ1) is 20.0. The Morgan fingerprint density at radius 2 is 1.94 bits per heavy atom. The highest BCUT2D eigenvalue weighted by molar-refractivity contribution is 6.44. The topological polar surface area (TPSA) is 105 Å². The summed E-state index contributed by atoms with van der Waals surface area (Å²) in [4.78, 5) is 25.5. The quantitative estimate of drug-likeness (QED) is 0.669. The number of nitrogens with zero attached hydrogens (tertiary/aromatic N) is 6. The second-order valence-corrected chi connectivity index (χ2v) is 8.26. The molecule has 0 spiro atoms. The number of hydrogen-bond acceptors (Lipinski definition) is 6. The van der Waals surface area contributed by atoms with Crippen molar-refractivity contribution in [1.29, 1.82) is 0 Å². The summed E-state index contributed by atoms with van der Waals surface area (Å²) in [6, 6.07) is 13.6. The summed E-state index contributed by atoms with van der Waals surface area (Å²) in [5.74, 6) is 0.237. The fourth-order valence-electron chi connectivity index (χ4n) is 3.74. The molecule has 0 bridgehead atoms. The van der Waals surface area contributed by atoms with Gasteiger partial charge in [0.15, 0.2) is 5.82 Å². The number of tetrazole rings is 1. The molecule has 1 aliphatic carbocycles. The van der Waals surface area contributed by atoms with Crippen LogP contribution in [0.5, 0.6) is 0 Å². The SMILES string of the molecule is Cc1ccc(C)c(N2N=C(C(=O)Nc3cccc(-c4nnnn4C4CC4)c3)CCC2=O)c1. The van der Waals surface area contributed by atoms with Gasteiger partial charge >= 0.3 is 0 Å². The molecule has 2 aliphatic rings. The van der Waals surface area contributed by atoms with Crippen LogP contribution in [0.1, 0.15) is 42.9 Å². The lowest BCUT2D eigenvalue weighted by atomic mass is 10.1. The highest BCUT2D eigenvalue weighted by atomic mass is 16.2. The Morgan fingerprint density at radius 1 is 1.09 bits per heavy atom. The fraction of sp³-hybridized carbons (Fsp3) is 0.304. The number of nitrogens with one attached hydrogen (secondary N) is 1. The number of hydrogen-bond donors (Lipinski definition) is 1. The minimum Gasteiger partial charge on any atom is -0.321 e. The Morgan fingerprint density at radius 3 is 2.75 bits per heavy atom. The lowest BCUT2D eigenvalue weighted by Gasteiger charge is -2.24. The van der Waals surface area contributed by atoms with Crippen molar-refractivity contribution in [1.82, 2.24) is 20.2 Å². The predicted molar refractivity (Wildman–Crippen MR) is 120 cm³/mol. The minimum atomic E-state index is -0.327. The zero-order valence-electron chi connectivity index (χ0n) is 17.9. The molecule has 9 heteroatoms. The smallest absolute Gasteiger partial charge is 0.271 e. The third kappa shape index (κ3) is 3.89. The summed E-state index contributed by atoms with van der Waals surface area (Å²) in [5, 5.41) is 20.7. The molecule has 0 radical (unpaired) electrons. The number of aryl methyl sites for hydroxylation is 2. The van der Waals surface area contributed by atoms with Crippen LogP contribution in [0.2, 0.25) is 0 Å². The van der Waals surface area contributed by atoms with Gasteiger partial charge in [-0.3, -0.25) is 9.59 Å². The van der Waals surface area contributed by atoms with E-state index < -0.39 is 0 Å². The Hall–Kier alpha value is -3.88. The number of carbonyl (C=O) groups excluding carboxylic acids is 2. The molecule has 1 fully saturated rings. The Balaban J connectivity index is 1.38. The number of amides is 2. The van der Waals surface area contributed by atoms with Crippen LogP contribution in [0.4, 0.5) is 11.4 Å². The van der Waals surface area contributed by atoms with E-state index in [1.165, 1.54) is 5.01 Å². The van der Waals surface area contributed by atoms with E-state index in [1.54, 1.807) is 0 Å². The van der Waals surface area contributed by atoms with Crippen LogP contribution >= 0.6 is 0 Å². The van der Waals surface area contributed by atoms with Gasteiger partial charge in [-0.1, -0.05) is 24.3 Å². The minimum absolute atomic E-state index is 0.121. The maximum absolute atomic E-state index is 13.0. The van der Waals surface area contributed by atoms with Crippen molar-refractivity contribution in [3.63, 3.8) is 0 Å². The number of carbonyl (C=O) groups is 2. The van der Waals surface area contributed by atoms with E-state index >= 15 is 0 Å². The molecule has 0 saturated heterocycles. The summed E-state index contributed by atoms with van der Waals surface area (Å²) in [7, 11) is 0. The monoisotopic (exact) mass is 429 g/mol. The molecule has 1 N–H and O–H groups in total. The van der Waals surface area contributed by atoms with E-state index in [0.717, 1.165) is 29.5 Å². The third-order valence-corrected chi connectivity index (χ3v) is 5.65. The van der Waals surface area contributed by atoms with Gasteiger partial charge in [0, 0.05) is 24.1 Å². The van der Waals surface area contributed by atoms with Crippen LogP contribution in [0, 0.1) is 13.8 Å². The molecule has 162 valence electrons. The Labute approximate surface area is 185 Å². The average molecular weight is 429 g/mol. The van der Waals surface area contributed by atoms with Crippen molar-refractivity contribution >= 4 is 28.9 Å². The highest BCUT2D eigenvalue weighted by Gasteiger charge is 2.29. The highest BCUT2D eigenvalue weighted by Crippen LogP contribution is 2.36. The van der Waals surface area contributed by atoms with Gasteiger partial charge in [-0.25, -0.2) is 9.69 Å². The Bertz CT molecular complexity index is 1240. The van der Waals surface area contributed by atoms with Gasteiger partial charge in [-0.15, -0.1) is 5.10 Å². The van der Waals surface area contributed by atoms with Crippen molar-refractivity contribution in [2.45, 2.75) is 45.6 Å². The van der Waals surface area contributed by atoms with Crippen molar-refractivity contribution in [2.24, 2.45) is 5.10 Å². The molecule has 1 aromatic heterocycles. The van der Waals surface area contributed by atoms with Gasteiger partial charge in [-0.2, -0.15) is 5.10 Å². The van der Waals surface area contributed by atoms with Gasteiger partial charge in [0.05, 0.1) is 11.7 Å². The summed E-state index contributed by atoms with van der Waals surface area (Å²) in [6.07, 6.45) is 2.68. The molecule has 2 heterocycles. The van der Waals surface area contributed by atoms with Gasteiger partial charge in [0.25, 0.3) is 5.91 Å². The molecule has 2 aromatic carbocycles. The molecular formula is C23H23N7O2. The molecule has 9 nitrogen and oxygen atoms in total. The molecule has 32 heavy (non-hydrogen) atoms. The third-order valence-electron chi connectivity index (χ3n) is 5.65. The van der Waals surface area contributed by atoms with Crippen molar-refractivity contribution in [3.8, 4) is 11.4 Å². The molecule has 2 amide bonds. The first-order valence-corrected chi connectivity index (χ1v) is 10.7. The Kier molecular flexibility index (Phi) is 5.01. The number of rotatable bonds is 5. The number of hydrazone groups is 1. The van der Waals surface area contributed by atoms with Crippen molar-refractivity contribution < 1.29 is 9.59 Å². The van der Waals surface area contributed by atoms with E-state index in [4.69, 9.17) is 0 Å². The second-order valence-electron chi connectivity index (χ2n) is 8.26. The number of benzene rings is 2. The van der Waals surface area contributed by atoms with Gasteiger partial charge < -0.3 is 5.32 Å². The van der Waals surface area contributed by atoms with E-state index in [2.05, 4.69) is 25.9 Å². The maximum atomic E-state index is 13.0. The number of anilines is 2. The average Bonchev–Trinajstić information content (AvgIpc) is 3.52. The van der Waals surface area contributed by atoms with Gasteiger partial charge in [-0.05, 0) is 66.4 Å². The molecule has 0 atom stereocenters. The van der Waals surface area contributed by atoms with Crippen LogP contribution in [-0.4, -0.2) is 37.7 Å². The van der Waals surface area contributed by atoms with Crippen LogP contribution < -0.4 is 10.3 Å². The maximum Gasteiger partial charge on any atom is 0.271 e. The molecule has 3 aromatic rings. The normalized spacial score (nSPS) is 16.1. The molecule has 5 rings (SSSR count). The van der Waals surface area contributed by atoms with E-state index in [9.17, 15) is 9.59 Å². The molecular weight excluding hydrogens is 406 g/mol. The predicted octanol–water partition coefficient (Wildman–Crippen LogP) is 3.41. The van der Waals surface area contributed by atoms with Crippen LogP contribution in [0.15, 0.2) is 47.6 Å². The first-order valence-electron chi connectivity index (χ1n) is 10.7. The summed E-state index contributed by atoms with van der Waals surface area (Å²) in [5.41, 5.74) is 4.42. The van der Waals surface area contributed by atoms with Gasteiger partial charge in [0.1, 0.15) is 5.71 Å². The number of aromatic nitrogens is 4. The lowest BCUT2D eigenvalue weighted by Crippen LogP contribution is -2.36. The lowest BCUT2D eigenvalue weighted by molar-refractivity contribution is -0.118. The second kappa shape index (κ2) is 7.99. The first-order chi connectivity index (χ1) is 15.5. The molecule has 1 aliphatic heterocycles. The van der Waals surface area contributed by atoms with E-state index in [1.807, 2.05) is 61.0 Å². The zero-order chi connectivity index (χ0) is 22.2.